The molecule has 0 fully saturated rings. The maximum absolute atomic E-state index is 11.5. The molecule has 1 aromatic carbocycles. The van der Waals surface area contributed by atoms with Gasteiger partial charge in [0.25, 0.3) is 0 Å². The maximum atomic E-state index is 11.5. The summed E-state index contributed by atoms with van der Waals surface area (Å²) < 4.78 is 0. The molecule has 1 rings (SSSR count). The van der Waals surface area contributed by atoms with Crippen molar-refractivity contribution in [2.45, 2.75) is 12.2 Å². The molecular weight excluding hydrogens is 303 g/mol. The second kappa shape index (κ2) is 9.48. The van der Waals surface area contributed by atoms with Crippen molar-refractivity contribution < 1.29 is 4.79 Å². The number of carbonyl (C=O) groups excluding carboxylic acids is 1. The number of hydrogen-bond acceptors (Lipinski definition) is 3. The van der Waals surface area contributed by atoms with Crippen LogP contribution in [0.2, 0.25) is 10.0 Å². The molecule has 0 heterocycles. The van der Waals surface area contributed by atoms with Crippen LogP contribution in [0.5, 0.6) is 0 Å². The number of amides is 1. The lowest BCUT2D eigenvalue weighted by molar-refractivity contribution is -0.118. The van der Waals surface area contributed by atoms with E-state index in [9.17, 15) is 4.79 Å². The zero-order valence-corrected chi connectivity index (χ0v) is 13.2. The molecule has 1 amide bonds. The molecule has 106 valence electrons. The molecule has 3 nitrogen and oxygen atoms in total. The van der Waals surface area contributed by atoms with Crippen molar-refractivity contribution in [3.63, 3.8) is 0 Å². The summed E-state index contributed by atoms with van der Waals surface area (Å²) in [6, 6.07) is 5.42. The average molecular weight is 321 g/mol. The van der Waals surface area contributed by atoms with Gasteiger partial charge < -0.3 is 10.6 Å². The third-order valence-corrected chi connectivity index (χ3v) is 4.00. The first-order valence-corrected chi connectivity index (χ1v) is 7.97. The van der Waals surface area contributed by atoms with E-state index in [0.717, 1.165) is 18.5 Å². The van der Waals surface area contributed by atoms with Crippen LogP contribution in [0.4, 0.5) is 0 Å². The summed E-state index contributed by atoms with van der Waals surface area (Å²) in [6.45, 7) is 1.62. The summed E-state index contributed by atoms with van der Waals surface area (Å²) in [4.78, 5) is 11.5. The molecule has 2 N–H and O–H groups in total. The largest absolute Gasteiger partial charge is 0.355 e. The van der Waals surface area contributed by atoms with Gasteiger partial charge in [-0.2, -0.15) is 0 Å². The van der Waals surface area contributed by atoms with Gasteiger partial charge in [-0.3, -0.25) is 4.79 Å². The van der Waals surface area contributed by atoms with Gasteiger partial charge in [0.2, 0.25) is 5.91 Å². The highest BCUT2D eigenvalue weighted by atomic mass is 35.5. The molecule has 0 atom stereocenters. The minimum absolute atomic E-state index is 0.0613. The average Bonchev–Trinajstić information content (AvgIpc) is 2.37. The highest BCUT2D eigenvalue weighted by molar-refractivity contribution is 7.99. The molecule has 0 saturated carbocycles. The maximum Gasteiger partial charge on any atom is 0.230 e. The number of hydrogen-bond donors (Lipinski definition) is 2. The van der Waals surface area contributed by atoms with Gasteiger partial charge in [0.05, 0.1) is 5.75 Å². The Morgan fingerprint density at radius 2 is 2.11 bits per heavy atom. The van der Waals surface area contributed by atoms with E-state index in [4.69, 9.17) is 23.2 Å². The normalized spacial score (nSPS) is 10.5. The van der Waals surface area contributed by atoms with Gasteiger partial charge in [-0.25, -0.2) is 0 Å². The first-order valence-electron chi connectivity index (χ1n) is 6.06. The molecule has 0 aliphatic heterocycles. The van der Waals surface area contributed by atoms with E-state index in [0.29, 0.717) is 28.1 Å². The predicted octanol–water partition coefficient (Wildman–Crippen LogP) is 2.95. The summed E-state index contributed by atoms with van der Waals surface area (Å²) in [7, 11) is 1.90. The van der Waals surface area contributed by atoms with Crippen molar-refractivity contribution in [1.82, 2.24) is 10.6 Å². The minimum Gasteiger partial charge on any atom is -0.355 e. The number of benzene rings is 1. The highest BCUT2D eigenvalue weighted by Gasteiger charge is 2.04. The Labute approximate surface area is 128 Å². The van der Waals surface area contributed by atoms with Gasteiger partial charge in [-0.05, 0) is 37.7 Å². The van der Waals surface area contributed by atoms with Crippen LogP contribution in [0.15, 0.2) is 18.2 Å². The van der Waals surface area contributed by atoms with Crippen LogP contribution in [0.1, 0.15) is 12.0 Å². The van der Waals surface area contributed by atoms with Crippen molar-refractivity contribution in [1.29, 1.82) is 0 Å². The first kappa shape index (κ1) is 16.6. The van der Waals surface area contributed by atoms with Gasteiger partial charge >= 0.3 is 0 Å². The second-order valence-electron chi connectivity index (χ2n) is 4.04. The molecular formula is C13H18Cl2N2OS. The van der Waals surface area contributed by atoms with Crippen molar-refractivity contribution in [3.8, 4) is 0 Å². The lowest BCUT2D eigenvalue weighted by Crippen LogP contribution is -2.28. The molecule has 6 heteroatoms. The topological polar surface area (TPSA) is 41.1 Å². The lowest BCUT2D eigenvalue weighted by Gasteiger charge is -2.06. The summed E-state index contributed by atoms with van der Waals surface area (Å²) in [6.07, 6.45) is 0.940. The number of carbonyl (C=O) groups is 1. The zero-order chi connectivity index (χ0) is 14.1. The summed E-state index contributed by atoms with van der Waals surface area (Å²) >= 11 is 13.4. The van der Waals surface area contributed by atoms with E-state index < -0.39 is 0 Å². The van der Waals surface area contributed by atoms with Crippen molar-refractivity contribution >= 4 is 40.9 Å². The molecule has 19 heavy (non-hydrogen) atoms. The van der Waals surface area contributed by atoms with E-state index >= 15 is 0 Å². The molecule has 0 bridgehead atoms. The fourth-order valence-corrected chi connectivity index (χ4v) is 2.85. The molecule has 1 aromatic rings. The quantitative estimate of drug-likeness (QED) is 0.723. The Kier molecular flexibility index (Phi) is 8.30. The third kappa shape index (κ3) is 7.06. The SMILES string of the molecule is CNCCCNC(=O)CSCc1ccc(Cl)cc1Cl. The van der Waals surface area contributed by atoms with E-state index in [1.165, 1.54) is 0 Å². The number of rotatable bonds is 8. The monoisotopic (exact) mass is 320 g/mol. The molecule has 0 spiro atoms. The molecule has 0 aliphatic rings. The fourth-order valence-electron chi connectivity index (χ4n) is 1.44. The van der Waals surface area contributed by atoms with E-state index in [1.807, 2.05) is 13.1 Å². The van der Waals surface area contributed by atoms with Gasteiger partial charge in [0, 0.05) is 22.3 Å². The van der Waals surface area contributed by atoms with Gasteiger partial charge in [-0.1, -0.05) is 29.3 Å². The van der Waals surface area contributed by atoms with Crippen LogP contribution in [0.3, 0.4) is 0 Å². The zero-order valence-electron chi connectivity index (χ0n) is 10.8. The summed E-state index contributed by atoms with van der Waals surface area (Å²) in [5.41, 5.74) is 0.999. The first-order chi connectivity index (χ1) is 9.13. The van der Waals surface area contributed by atoms with Crippen molar-refractivity contribution in [2.75, 3.05) is 25.9 Å². The molecule has 0 radical (unpaired) electrons. The van der Waals surface area contributed by atoms with Crippen molar-refractivity contribution in [2.24, 2.45) is 0 Å². The number of nitrogens with one attached hydrogen (secondary N) is 2. The Balaban J connectivity index is 2.20. The van der Waals surface area contributed by atoms with Gasteiger partial charge in [-0.15, -0.1) is 11.8 Å². The smallest absolute Gasteiger partial charge is 0.230 e. The van der Waals surface area contributed by atoms with E-state index in [1.54, 1.807) is 23.9 Å². The second-order valence-corrected chi connectivity index (χ2v) is 5.86. The highest BCUT2D eigenvalue weighted by Crippen LogP contribution is 2.24. The summed E-state index contributed by atoms with van der Waals surface area (Å²) in [5.74, 6) is 1.21. The van der Waals surface area contributed by atoms with Crippen LogP contribution in [0.25, 0.3) is 0 Å². The Hall–Kier alpha value is -0.420. The van der Waals surface area contributed by atoms with E-state index in [2.05, 4.69) is 10.6 Å². The third-order valence-electron chi connectivity index (χ3n) is 2.43. The Morgan fingerprint density at radius 1 is 1.32 bits per heavy atom. The van der Waals surface area contributed by atoms with Crippen LogP contribution in [0, 0.1) is 0 Å². The van der Waals surface area contributed by atoms with Crippen LogP contribution < -0.4 is 10.6 Å². The molecule has 0 saturated heterocycles. The summed E-state index contributed by atoms with van der Waals surface area (Å²) in [5, 5.41) is 7.18. The van der Waals surface area contributed by atoms with E-state index in [-0.39, 0.29) is 5.91 Å². The minimum atomic E-state index is 0.0613. The predicted molar refractivity (Wildman–Crippen MR) is 84.2 cm³/mol. The lowest BCUT2D eigenvalue weighted by atomic mass is 10.2. The van der Waals surface area contributed by atoms with Crippen LogP contribution >= 0.6 is 35.0 Å². The van der Waals surface area contributed by atoms with Gasteiger partial charge in [0.15, 0.2) is 0 Å². The Morgan fingerprint density at radius 3 is 2.79 bits per heavy atom. The van der Waals surface area contributed by atoms with Gasteiger partial charge in [0.1, 0.15) is 0 Å². The Bertz CT molecular complexity index is 416. The molecule has 0 aliphatic carbocycles. The van der Waals surface area contributed by atoms with Crippen molar-refractivity contribution in [3.05, 3.63) is 33.8 Å². The van der Waals surface area contributed by atoms with Crippen LogP contribution in [-0.4, -0.2) is 31.8 Å². The standard InChI is InChI=1S/C13H18Cl2N2OS/c1-16-5-2-6-17-13(18)9-19-8-10-3-4-11(14)7-12(10)15/h3-4,7,16H,2,5-6,8-9H2,1H3,(H,17,18). The molecule has 0 aromatic heterocycles. The number of thioether (sulfide) groups is 1. The fraction of sp³-hybridized carbons (Fsp3) is 0.462. The molecule has 0 unspecified atom stereocenters. The number of halogens is 2. The van der Waals surface area contributed by atoms with Crippen LogP contribution in [-0.2, 0) is 10.5 Å².